The lowest BCUT2D eigenvalue weighted by atomic mass is 9.79. The zero-order valence-corrected chi connectivity index (χ0v) is 45.7. The summed E-state index contributed by atoms with van der Waals surface area (Å²) in [7, 11) is 6.41. The minimum Gasteiger partial charge on any atom is -0.462 e. The highest BCUT2D eigenvalue weighted by Crippen LogP contribution is 2.39. The number of carbonyl (C=O) groups excluding carboxylic acids is 5. The maximum absolute atomic E-state index is 14.2. The van der Waals surface area contributed by atoms with Crippen LogP contribution in [0, 0.1) is 29.6 Å². The van der Waals surface area contributed by atoms with Gasteiger partial charge in [-0.2, -0.15) is 0 Å². The van der Waals surface area contributed by atoms with Crippen LogP contribution in [-0.2, 0) is 76.1 Å². The summed E-state index contributed by atoms with van der Waals surface area (Å²) in [6, 6.07) is -0.809. The Labute approximate surface area is 432 Å². The average molecular weight is 1040 g/mol. The fourth-order valence-electron chi connectivity index (χ4n) is 10.6. The van der Waals surface area contributed by atoms with Crippen LogP contribution >= 0.6 is 0 Å². The number of methoxy groups -OCH3 is 2. The Hall–Kier alpha value is -3.25. The number of rotatable bonds is 17. The van der Waals surface area contributed by atoms with Crippen molar-refractivity contribution in [3.63, 3.8) is 0 Å². The molecule has 2 unspecified atom stereocenters. The van der Waals surface area contributed by atoms with Crippen molar-refractivity contribution in [3.8, 4) is 0 Å². The molecule has 0 bridgehead atoms. The monoisotopic (exact) mass is 1040 g/mol. The Morgan fingerprint density at radius 1 is 0.890 bits per heavy atom. The van der Waals surface area contributed by atoms with E-state index >= 15 is 0 Å². The molecular formula is C53H87NO19. The van der Waals surface area contributed by atoms with E-state index in [1.54, 1.807) is 73.5 Å². The number of ether oxygens (including phenoxy) is 11. The number of ketones is 1. The van der Waals surface area contributed by atoms with E-state index in [-0.39, 0.29) is 44.0 Å². The summed E-state index contributed by atoms with van der Waals surface area (Å²) in [5, 5.41) is 34.6. The molecule has 0 spiro atoms. The van der Waals surface area contributed by atoms with Crippen LogP contribution in [0.25, 0.3) is 0 Å². The molecule has 21 atom stereocenters. The van der Waals surface area contributed by atoms with Gasteiger partial charge >= 0.3 is 17.9 Å². The summed E-state index contributed by atoms with van der Waals surface area (Å²) in [5.74, 6) is -4.87. The predicted octanol–water partition coefficient (Wildman–Crippen LogP) is 4.00. The van der Waals surface area contributed by atoms with Crippen LogP contribution in [0.2, 0.25) is 0 Å². The van der Waals surface area contributed by atoms with E-state index in [0.29, 0.717) is 18.3 Å². The van der Waals surface area contributed by atoms with Gasteiger partial charge in [0.2, 0.25) is 0 Å². The molecule has 20 nitrogen and oxygen atoms in total. The van der Waals surface area contributed by atoms with Crippen LogP contribution in [0.3, 0.4) is 0 Å². The van der Waals surface area contributed by atoms with Crippen LogP contribution < -0.4 is 0 Å². The molecule has 4 aliphatic rings. The summed E-state index contributed by atoms with van der Waals surface area (Å²) >= 11 is 0. The molecule has 20 heteroatoms. The standard InChI is InChI=1S/C53H87NO19/c1-16-38-36(26-65-52-49(64-15)48(63-14)44(60)31(7)67-52)22-28(4)17-18-37(57)29(5)23-35(19-20-55)46(30(6)39(69-34(10)56)24-41(59)70-38)73-51-45(61)43(54(12)13)47(32(8)68-51)72-42-25-53(11,62)50(33(9)66-42)71-40(58)21-27(2)3/h17-18,20,22,27,29-33,35-36,38-39,42-52,60-62H,16,19,21,23-26H2,1-15H3/b18-17-,28-22-/t29-,30+,31-,32-,33+,35+,36-,38-,39-,42+,43-,44-,45-,46-,47-,48?,49?,50+,51+,52-,53-/m1/s1. The molecule has 418 valence electrons. The lowest BCUT2D eigenvalue weighted by molar-refractivity contribution is -0.342. The van der Waals surface area contributed by atoms with Crippen molar-refractivity contribution in [2.45, 2.75) is 218 Å². The van der Waals surface area contributed by atoms with Gasteiger partial charge in [0.1, 0.15) is 54.6 Å². The largest absolute Gasteiger partial charge is 0.462 e. The van der Waals surface area contributed by atoms with Gasteiger partial charge in [-0.3, -0.25) is 19.2 Å². The van der Waals surface area contributed by atoms with Crippen molar-refractivity contribution in [1.29, 1.82) is 0 Å². The van der Waals surface area contributed by atoms with Gasteiger partial charge in [0.25, 0.3) is 0 Å². The number of aliphatic hydroxyl groups excluding tert-OH is 2. The molecule has 3 saturated heterocycles. The van der Waals surface area contributed by atoms with Crippen molar-refractivity contribution in [2.24, 2.45) is 29.6 Å². The number of carbonyl (C=O) groups is 5. The number of aldehydes is 1. The molecule has 0 aromatic rings. The maximum Gasteiger partial charge on any atom is 0.309 e. The first-order valence-corrected chi connectivity index (χ1v) is 25.9. The van der Waals surface area contributed by atoms with Crippen LogP contribution in [0.5, 0.6) is 0 Å². The Morgan fingerprint density at radius 2 is 1.55 bits per heavy atom. The van der Waals surface area contributed by atoms with Crippen LogP contribution in [0.15, 0.2) is 23.8 Å². The third kappa shape index (κ3) is 16.9. The molecule has 4 rings (SSSR count). The number of nitrogens with zero attached hydrogens (tertiary/aromatic N) is 1. The SMILES string of the molecule is CC[C@H]1OC(=O)C[C@@H](OC(C)=O)[C@H](C)[C@@H](O[C@@H]2O[C@H](C)[C@@H](O[C@H]3C[C@@](C)(O)[C@@H](OC(=O)CC(C)C)[C@H](C)O3)[C@H](N(C)C)[C@H]2O)[C@@H](CC=O)C[C@@H](C)C(=O)/C=C\C(C)=C/[C@@H]1CO[C@@H]1O[C@H](C)[C@@H](O)C(OC)C1OC. The van der Waals surface area contributed by atoms with Crippen LogP contribution in [-0.4, -0.2) is 189 Å². The van der Waals surface area contributed by atoms with Crippen LogP contribution in [0.1, 0.15) is 115 Å². The second kappa shape index (κ2) is 28.2. The molecule has 4 aliphatic heterocycles. The van der Waals surface area contributed by atoms with E-state index in [9.17, 15) is 39.3 Å². The lowest BCUT2D eigenvalue weighted by Gasteiger charge is -2.50. The first-order valence-electron chi connectivity index (χ1n) is 25.9. The van der Waals surface area contributed by atoms with Crippen molar-refractivity contribution < 1.29 is 91.4 Å². The summed E-state index contributed by atoms with van der Waals surface area (Å²) in [6.07, 6.45) is -8.67. The number of esters is 3. The quantitative estimate of drug-likeness (QED) is 0.106. The normalized spacial score (nSPS) is 41.6. The summed E-state index contributed by atoms with van der Waals surface area (Å²) < 4.78 is 67.2. The molecule has 4 heterocycles. The summed E-state index contributed by atoms with van der Waals surface area (Å²) in [6.45, 7) is 18.7. The lowest BCUT2D eigenvalue weighted by Crippen LogP contribution is -2.65. The highest BCUT2D eigenvalue weighted by molar-refractivity contribution is 5.91. The summed E-state index contributed by atoms with van der Waals surface area (Å²) in [5.41, 5.74) is -0.865. The van der Waals surface area contributed by atoms with Gasteiger partial charge in [0.05, 0.1) is 43.5 Å². The first kappa shape index (κ1) is 62.3. The number of aliphatic hydroxyl groups is 3. The first-order chi connectivity index (χ1) is 34.3. The summed E-state index contributed by atoms with van der Waals surface area (Å²) in [4.78, 5) is 67.9. The minimum absolute atomic E-state index is 0.0378. The Kier molecular flexibility index (Phi) is 24.1. The molecule has 0 aromatic heterocycles. The van der Waals surface area contributed by atoms with Gasteiger partial charge < -0.3 is 77.1 Å². The maximum atomic E-state index is 14.2. The number of likely N-dealkylation sites (N-methyl/N-ethyl adjacent to an activating group) is 1. The van der Waals surface area contributed by atoms with E-state index in [1.165, 1.54) is 27.2 Å². The molecule has 0 aliphatic carbocycles. The van der Waals surface area contributed by atoms with Crippen molar-refractivity contribution in [3.05, 3.63) is 23.8 Å². The fourth-order valence-corrected chi connectivity index (χ4v) is 10.6. The molecule has 3 N–H and O–H groups in total. The van der Waals surface area contributed by atoms with E-state index < -0.39 is 152 Å². The number of allylic oxidation sites excluding steroid dienone is 3. The Bertz CT molecular complexity index is 1860. The van der Waals surface area contributed by atoms with Crippen molar-refractivity contribution in [2.75, 3.05) is 34.9 Å². The van der Waals surface area contributed by atoms with E-state index in [4.69, 9.17) is 52.1 Å². The molecule has 73 heavy (non-hydrogen) atoms. The minimum atomic E-state index is -1.53. The Morgan fingerprint density at radius 3 is 2.12 bits per heavy atom. The predicted molar refractivity (Wildman–Crippen MR) is 263 cm³/mol. The third-order valence-corrected chi connectivity index (χ3v) is 14.5. The smallest absolute Gasteiger partial charge is 0.309 e. The molecule has 3 fully saturated rings. The van der Waals surface area contributed by atoms with Crippen molar-refractivity contribution >= 4 is 30.0 Å². The van der Waals surface area contributed by atoms with Gasteiger partial charge in [-0.25, -0.2) is 0 Å². The van der Waals surface area contributed by atoms with E-state index in [1.807, 2.05) is 26.8 Å². The van der Waals surface area contributed by atoms with Gasteiger partial charge in [0.15, 0.2) is 30.8 Å². The average Bonchev–Trinajstić information content (AvgIpc) is 3.29. The van der Waals surface area contributed by atoms with E-state index in [2.05, 4.69) is 0 Å². The van der Waals surface area contributed by atoms with Gasteiger partial charge in [-0.1, -0.05) is 52.3 Å². The molecule has 0 amide bonds. The van der Waals surface area contributed by atoms with Crippen molar-refractivity contribution in [1.82, 2.24) is 4.90 Å². The van der Waals surface area contributed by atoms with Gasteiger partial charge in [-0.15, -0.1) is 0 Å². The number of hydrogen-bond donors (Lipinski definition) is 3. The zero-order valence-electron chi connectivity index (χ0n) is 45.7. The number of cyclic esters (lactones) is 1. The van der Waals surface area contributed by atoms with E-state index in [0.717, 1.165) is 0 Å². The third-order valence-electron chi connectivity index (χ3n) is 14.5. The van der Waals surface area contributed by atoms with Gasteiger partial charge in [-0.05, 0) is 79.5 Å². The highest BCUT2D eigenvalue weighted by Gasteiger charge is 2.53. The molecule has 0 radical (unpaired) electrons. The second-order valence-electron chi connectivity index (χ2n) is 21.4. The fraction of sp³-hybridized carbons (Fsp3) is 0.830. The Balaban J connectivity index is 1.66. The topological polar surface area (TPSA) is 251 Å². The zero-order chi connectivity index (χ0) is 54.6. The van der Waals surface area contributed by atoms with Gasteiger partial charge in [0, 0.05) is 58.2 Å². The second-order valence-corrected chi connectivity index (χ2v) is 21.4. The van der Waals surface area contributed by atoms with Crippen LogP contribution in [0.4, 0.5) is 0 Å². The molecule has 0 aromatic carbocycles. The highest BCUT2D eigenvalue weighted by atomic mass is 16.7. The number of hydrogen-bond acceptors (Lipinski definition) is 20. The molecular weight excluding hydrogens is 955 g/mol. The molecule has 0 saturated carbocycles.